The van der Waals surface area contributed by atoms with Crippen LogP contribution in [-0.2, 0) is 0 Å². The predicted molar refractivity (Wildman–Crippen MR) is 109 cm³/mol. The number of aromatic nitrogens is 1. The summed E-state index contributed by atoms with van der Waals surface area (Å²) in [5, 5.41) is 14.2. The van der Waals surface area contributed by atoms with Crippen LogP contribution in [0.5, 0.6) is 34.5 Å². The largest absolute Gasteiger partial charge is 0.507 e. The number of anilines is 1. The zero-order valence-corrected chi connectivity index (χ0v) is 16.9. The van der Waals surface area contributed by atoms with E-state index in [0.717, 1.165) is 11.4 Å². The maximum Gasteiger partial charge on any atom is 0.272 e. The van der Waals surface area contributed by atoms with Crippen molar-refractivity contribution >= 4 is 5.82 Å². The van der Waals surface area contributed by atoms with Crippen LogP contribution in [0.4, 0.5) is 5.82 Å². The summed E-state index contributed by atoms with van der Waals surface area (Å²) in [7, 11) is 4.68. The van der Waals surface area contributed by atoms with E-state index in [2.05, 4.69) is 10.3 Å². The number of H-pyrrole nitrogens is 1. The summed E-state index contributed by atoms with van der Waals surface area (Å²) in [5.74, 6) is 3.41. The van der Waals surface area contributed by atoms with Gasteiger partial charge in [0, 0.05) is 23.3 Å². The molecule has 0 spiro atoms. The van der Waals surface area contributed by atoms with Crippen molar-refractivity contribution in [2.45, 2.75) is 6.04 Å². The maximum absolute atomic E-state index is 10.8. The van der Waals surface area contributed by atoms with Gasteiger partial charge in [0.2, 0.25) is 12.5 Å². The lowest BCUT2D eigenvalue weighted by Gasteiger charge is -2.20. The molecule has 0 unspecified atom stereocenters. The van der Waals surface area contributed by atoms with Gasteiger partial charge in [-0.1, -0.05) is 6.07 Å². The Labute approximate surface area is 173 Å². The number of hydrogen-bond donors (Lipinski definition) is 2. The molecule has 0 fully saturated rings. The molecule has 3 N–H and O–H groups in total. The molecule has 8 nitrogen and oxygen atoms in total. The first-order chi connectivity index (χ1) is 14.6. The van der Waals surface area contributed by atoms with Crippen molar-refractivity contribution in [2.24, 2.45) is 0 Å². The number of phenols is 1. The molecule has 156 valence electrons. The van der Waals surface area contributed by atoms with Gasteiger partial charge in [0.25, 0.3) is 5.82 Å². The summed E-state index contributed by atoms with van der Waals surface area (Å²) < 4.78 is 27.4. The number of ether oxygens (including phenoxy) is 5. The molecule has 0 bridgehead atoms. The summed E-state index contributed by atoms with van der Waals surface area (Å²) in [4.78, 5) is 3.15. The van der Waals surface area contributed by atoms with Gasteiger partial charge in [-0.3, -0.25) is 5.32 Å². The number of rotatable bonds is 7. The molecule has 0 aliphatic carbocycles. The van der Waals surface area contributed by atoms with Crippen LogP contribution in [-0.4, -0.2) is 33.2 Å². The van der Waals surface area contributed by atoms with E-state index >= 15 is 0 Å². The van der Waals surface area contributed by atoms with E-state index in [1.807, 2.05) is 36.5 Å². The summed E-state index contributed by atoms with van der Waals surface area (Å²) >= 11 is 0. The molecule has 0 amide bonds. The van der Waals surface area contributed by atoms with E-state index < -0.39 is 6.04 Å². The van der Waals surface area contributed by atoms with Crippen LogP contribution in [0.25, 0.3) is 0 Å². The second-order valence-electron chi connectivity index (χ2n) is 6.58. The molecule has 1 aliphatic heterocycles. The lowest BCUT2D eigenvalue weighted by molar-refractivity contribution is -0.361. The molecule has 2 aromatic carbocycles. The molecule has 30 heavy (non-hydrogen) atoms. The van der Waals surface area contributed by atoms with Gasteiger partial charge < -0.3 is 28.8 Å². The fourth-order valence-corrected chi connectivity index (χ4v) is 3.43. The highest BCUT2D eigenvalue weighted by molar-refractivity contribution is 5.60. The van der Waals surface area contributed by atoms with Crippen molar-refractivity contribution < 1.29 is 33.8 Å². The van der Waals surface area contributed by atoms with E-state index in [1.54, 1.807) is 33.5 Å². The second-order valence-corrected chi connectivity index (χ2v) is 6.58. The van der Waals surface area contributed by atoms with Gasteiger partial charge in [0.05, 0.1) is 27.5 Å². The number of fused-ring (bicyclic) bond motifs is 1. The van der Waals surface area contributed by atoms with E-state index in [4.69, 9.17) is 23.7 Å². The van der Waals surface area contributed by atoms with Crippen molar-refractivity contribution in [3.05, 3.63) is 59.8 Å². The topological polar surface area (TPSA) is 92.6 Å². The van der Waals surface area contributed by atoms with Crippen LogP contribution in [0.1, 0.15) is 17.2 Å². The number of pyridine rings is 1. The Morgan fingerprint density at radius 2 is 1.67 bits per heavy atom. The zero-order chi connectivity index (χ0) is 21.1. The summed E-state index contributed by atoms with van der Waals surface area (Å²) in [5.41, 5.74) is 1.39. The predicted octanol–water partition coefficient (Wildman–Crippen LogP) is 3.16. The molecule has 0 radical (unpaired) electrons. The number of aromatic hydroxyl groups is 1. The molecule has 1 aliphatic rings. The maximum atomic E-state index is 10.8. The van der Waals surface area contributed by atoms with E-state index in [-0.39, 0.29) is 12.5 Å². The number of phenolic OH excluding ortho intramolecular Hbond substituents is 1. The quantitative estimate of drug-likeness (QED) is 0.617. The van der Waals surface area contributed by atoms with Gasteiger partial charge in [0.15, 0.2) is 23.0 Å². The Bertz CT molecular complexity index is 1020. The molecule has 8 heteroatoms. The summed E-state index contributed by atoms with van der Waals surface area (Å²) in [6, 6.07) is 12.2. The molecular formula is C22H23N2O6+. The molecule has 0 saturated carbocycles. The Morgan fingerprint density at radius 1 is 0.967 bits per heavy atom. The van der Waals surface area contributed by atoms with E-state index in [1.165, 1.54) is 0 Å². The Hall–Kier alpha value is -3.81. The lowest BCUT2D eigenvalue weighted by Crippen LogP contribution is -2.19. The minimum Gasteiger partial charge on any atom is -0.507 e. The highest BCUT2D eigenvalue weighted by atomic mass is 16.7. The van der Waals surface area contributed by atoms with Gasteiger partial charge in [-0.15, -0.1) is 0 Å². The fraction of sp³-hybridized carbons (Fsp3) is 0.227. The third-order valence-electron chi connectivity index (χ3n) is 4.86. The van der Waals surface area contributed by atoms with Crippen LogP contribution in [0.3, 0.4) is 0 Å². The molecule has 1 aromatic heterocycles. The zero-order valence-electron chi connectivity index (χ0n) is 16.9. The number of hydrogen-bond acceptors (Lipinski definition) is 7. The van der Waals surface area contributed by atoms with Gasteiger partial charge in [-0.25, -0.2) is 4.98 Å². The normalized spacial score (nSPS) is 12.9. The lowest BCUT2D eigenvalue weighted by atomic mass is 9.96. The molecule has 1 atom stereocenters. The van der Waals surface area contributed by atoms with Crippen LogP contribution < -0.4 is 34.0 Å². The smallest absolute Gasteiger partial charge is 0.272 e. The van der Waals surface area contributed by atoms with Gasteiger partial charge in [-0.05, 0) is 24.3 Å². The van der Waals surface area contributed by atoms with E-state index in [0.29, 0.717) is 34.3 Å². The number of nitrogens with one attached hydrogen (secondary N) is 2. The highest BCUT2D eigenvalue weighted by Gasteiger charge is 2.29. The SMILES string of the molecule is COc1cc([C@H](Nc2cccc[nH+]2)c2cc3c(cc2O)OCO3)cc(OC)c1OC. The van der Waals surface area contributed by atoms with Crippen LogP contribution in [0.15, 0.2) is 48.7 Å². The highest BCUT2D eigenvalue weighted by Crippen LogP contribution is 2.45. The summed E-state index contributed by atoms with van der Waals surface area (Å²) in [6.07, 6.45) is 1.81. The minimum atomic E-state index is -0.466. The van der Waals surface area contributed by atoms with Crippen LogP contribution >= 0.6 is 0 Å². The third kappa shape index (κ3) is 3.59. The second kappa shape index (κ2) is 8.28. The van der Waals surface area contributed by atoms with Crippen molar-refractivity contribution in [3.63, 3.8) is 0 Å². The Kier molecular flexibility index (Phi) is 5.38. The third-order valence-corrected chi connectivity index (χ3v) is 4.86. The number of benzene rings is 2. The first-order valence-corrected chi connectivity index (χ1v) is 9.30. The Balaban J connectivity index is 1.86. The van der Waals surface area contributed by atoms with Crippen LogP contribution in [0, 0.1) is 0 Å². The summed E-state index contributed by atoms with van der Waals surface area (Å²) in [6.45, 7) is 0.118. The van der Waals surface area contributed by atoms with Crippen LogP contribution in [0.2, 0.25) is 0 Å². The number of aromatic amines is 1. The van der Waals surface area contributed by atoms with Crippen molar-refractivity contribution in [2.75, 3.05) is 33.4 Å². The average molecular weight is 411 g/mol. The standard InChI is InChI=1S/C22H22N2O6/c1-26-18-8-13(9-19(27-2)22(18)28-3)21(24-20-6-4-5-7-23-20)14-10-16-17(11-15(14)25)30-12-29-16/h4-11,21,25H,12H2,1-3H3,(H,23,24)/p+1/t21-/m0/s1. The minimum absolute atomic E-state index is 0.0708. The monoisotopic (exact) mass is 411 g/mol. The van der Waals surface area contributed by atoms with Crippen molar-refractivity contribution in [1.82, 2.24) is 0 Å². The Morgan fingerprint density at radius 3 is 2.27 bits per heavy atom. The number of methoxy groups -OCH3 is 3. The first kappa shape index (κ1) is 19.5. The molecule has 3 aromatic rings. The van der Waals surface area contributed by atoms with Gasteiger partial charge in [0.1, 0.15) is 11.8 Å². The molecule has 4 rings (SSSR count). The average Bonchev–Trinajstić information content (AvgIpc) is 3.23. The molecule has 2 heterocycles. The first-order valence-electron chi connectivity index (χ1n) is 9.30. The molecule has 0 saturated heterocycles. The van der Waals surface area contributed by atoms with E-state index in [9.17, 15) is 5.11 Å². The fourth-order valence-electron chi connectivity index (χ4n) is 3.43. The van der Waals surface area contributed by atoms with Crippen molar-refractivity contribution in [1.29, 1.82) is 0 Å². The molecular weight excluding hydrogens is 388 g/mol. The van der Waals surface area contributed by atoms with Crippen molar-refractivity contribution in [3.8, 4) is 34.5 Å². The van der Waals surface area contributed by atoms with Gasteiger partial charge in [-0.2, -0.15) is 0 Å². The van der Waals surface area contributed by atoms with Gasteiger partial charge >= 0.3 is 0 Å².